The monoisotopic (exact) mass is 769 g/mol. The number of halogens is 1. The second kappa shape index (κ2) is 17.5. The van der Waals surface area contributed by atoms with E-state index < -0.39 is 39.5 Å². The Balaban J connectivity index is 1.42. The fourth-order valence-electron chi connectivity index (χ4n) is 6.59. The van der Waals surface area contributed by atoms with Gasteiger partial charge in [-0.2, -0.15) is 0 Å². The summed E-state index contributed by atoms with van der Waals surface area (Å²) in [5, 5.41) is 32.1. The van der Waals surface area contributed by atoms with E-state index in [2.05, 4.69) is 47.3 Å². The molecular weight excluding hydrogens is 722 g/mol. The van der Waals surface area contributed by atoms with Crippen LogP contribution in [0, 0.1) is 5.41 Å². The largest absolute Gasteiger partial charge is 0.488 e. The zero-order valence-electron chi connectivity index (χ0n) is 30.2. The van der Waals surface area contributed by atoms with Crippen LogP contribution < -0.4 is 14.8 Å². The molecule has 12 nitrogen and oxygen atoms in total. The summed E-state index contributed by atoms with van der Waals surface area (Å²) in [4.78, 5) is 17.9. The van der Waals surface area contributed by atoms with E-state index >= 15 is 0 Å². The van der Waals surface area contributed by atoms with Crippen molar-refractivity contribution in [2.45, 2.75) is 62.5 Å². The van der Waals surface area contributed by atoms with Crippen LogP contribution in [0.5, 0.6) is 11.5 Å². The van der Waals surface area contributed by atoms with E-state index in [0.717, 1.165) is 43.3 Å². The molecule has 53 heavy (non-hydrogen) atoms. The first-order chi connectivity index (χ1) is 25.2. The average Bonchev–Trinajstić information content (AvgIpc) is 3.54. The number of aromatic nitrogens is 1. The first-order valence-electron chi connectivity index (χ1n) is 17.5. The molecule has 2 aliphatic rings. The molecule has 0 saturated carbocycles. The summed E-state index contributed by atoms with van der Waals surface area (Å²) in [6.45, 7) is 6.36. The number of carbonyl (C=O) groups is 1. The summed E-state index contributed by atoms with van der Waals surface area (Å²) < 4.78 is 43.8. The Kier molecular flexibility index (Phi) is 13.4. The Morgan fingerprint density at radius 2 is 1.91 bits per heavy atom. The van der Waals surface area contributed by atoms with Crippen LogP contribution in [0.3, 0.4) is 0 Å². The molecule has 4 N–H and O–H groups in total. The second-order valence-electron chi connectivity index (χ2n) is 14.0. The van der Waals surface area contributed by atoms with Crippen molar-refractivity contribution in [1.29, 1.82) is 0 Å². The predicted molar refractivity (Wildman–Crippen MR) is 202 cm³/mol. The maximum absolute atomic E-state index is 12.1. The molecule has 286 valence electrons. The predicted octanol–water partition coefficient (Wildman–Crippen LogP) is 4.52. The fraction of sp³-hybridized carbons (Fsp3) is 0.436. The normalized spacial score (nSPS) is 20.6. The van der Waals surface area contributed by atoms with E-state index in [9.17, 15) is 28.5 Å². The van der Waals surface area contributed by atoms with Gasteiger partial charge in [0.25, 0.3) is 0 Å². The molecule has 2 unspecified atom stereocenters. The van der Waals surface area contributed by atoms with Gasteiger partial charge in [-0.3, -0.25) is 15.1 Å². The lowest BCUT2D eigenvalue weighted by atomic mass is 9.65. The number of pyridine rings is 1. The van der Waals surface area contributed by atoms with E-state index in [1.54, 1.807) is 12.1 Å². The van der Waals surface area contributed by atoms with Crippen LogP contribution in [0.25, 0.3) is 5.57 Å². The SMILES string of the molecule is CC1(C)C(c2ccccc2)=CC=CC1(COc1cc(OCc2cncc(S(C)(=O)=O)c2)c(CNC(CO)C(=O)O)cc1Cl)OCCCN1CC[C@@H](O)C1. The topological polar surface area (TPSA) is 168 Å². The maximum atomic E-state index is 12.1. The van der Waals surface area contributed by atoms with Gasteiger partial charge >= 0.3 is 5.97 Å². The van der Waals surface area contributed by atoms with Gasteiger partial charge in [0.2, 0.25) is 0 Å². The van der Waals surface area contributed by atoms with E-state index in [-0.39, 0.29) is 35.8 Å². The molecule has 3 aromatic rings. The number of sulfone groups is 1. The molecule has 0 amide bonds. The van der Waals surface area contributed by atoms with E-state index in [1.807, 2.05) is 30.4 Å². The highest BCUT2D eigenvalue weighted by molar-refractivity contribution is 7.90. The number of benzene rings is 2. The molecule has 5 rings (SSSR count). The van der Waals surface area contributed by atoms with E-state index in [0.29, 0.717) is 35.8 Å². The van der Waals surface area contributed by atoms with Crippen molar-refractivity contribution in [2.24, 2.45) is 5.41 Å². The van der Waals surface area contributed by atoms with Crippen molar-refractivity contribution in [3.8, 4) is 11.5 Å². The Morgan fingerprint density at radius 1 is 1.13 bits per heavy atom. The Hall–Kier alpha value is -3.82. The highest BCUT2D eigenvalue weighted by atomic mass is 35.5. The van der Waals surface area contributed by atoms with Gasteiger partial charge in [-0.05, 0) is 42.2 Å². The van der Waals surface area contributed by atoms with Gasteiger partial charge in [0.1, 0.15) is 36.4 Å². The van der Waals surface area contributed by atoms with Gasteiger partial charge in [-0.1, -0.05) is 67.9 Å². The molecule has 1 fully saturated rings. The Morgan fingerprint density at radius 3 is 2.58 bits per heavy atom. The van der Waals surface area contributed by atoms with Crippen molar-refractivity contribution in [1.82, 2.24) is 15.2 Å². The maximum Gasteiger partial charge on any atom is 0.323 e. The summed E-state index contributed by atoms with van der Waals surface area (Å²) in [6, 6.07) is 13.6. The number of nitrogens with one attached hydrogen (secondary N) is 1. The molecule has 1 aromatic heterocycles. The highest BCUT2D eigenvalue weighted by Gasteiger charge is 2.49. The van der Waals surface area contributed by atoms with Gasteiger partial charge in [-0.25, -0.2) is 8.42 Å². The van der Waals surface area contributed by atoms with Crippen molar-refractivity contribution < 1.29 is 42.7 Å². The van der Waals surface area contributed by atoms with Crippen molar-refractivity contribution >= 4 is 33.0 Å². The zero-order chi connectivity index (χ0) is 38.2. The van der Waals surface area contributed by atoms with Gasteiger partial charge in [0.15, 0.2) is 9.84 Å². The molecule has 1 saturated heterocycles. The van der Waals surface area contributed by atoms with Gasteiger partial charge < -0.3 is 34.4 Å². The molecule has 1 aliphatic carbocycles. The number of likely N-dealkylation sites (tertiary alicyclic amines) is 1. The third kappa shape index (κ3) is 10.0. The molecule has 3 atom stereocenters. The number of aliphatic hydroxyl groups excluding tert-OH is 2. The lowest BCUT2D eigenvalue weighted by molar-refractivity contribution is -0.140. The van der Waals surface area contributed by atoms with Crippen LogP contribution in [-0.4, -0.2) is 103 Å². The summed E-state index contributed by atoms with van der Waals surface area (Å²) in [5.41, 5.74) is 1.60. The minimum absolute atomic E-state index is 0.0173. The number of hydrogen-bond acceptors (Lipinski definition) is 11. The summed E-state index contributed by atoms with van der Waals surface area (Å²) in [7, 11) is -3.51. The van der Waals surface area contributed by atoms with Crippen LogP contribution in [0.15, 0.2) is 84.0 Å². The minimum atomic E-state index is -3.51. The first kappa shape index (κ1) is 40.4. The third-order valence-electron chi connectivity index (χ3n) is 9.84. The number of rotatable bonds is 18. The number of carboxylic acids is 1. The van der Waals surface area contributed by atoms with Crippen LogP contribution in [-0.2, 0) is 32.5 Å². The van der Waals surface area contributed by atoms with Crippen molar-refractivity contribution in [3.05, 3.63) is 101 Å². The number of allylic oxidation sites excluding steroid dienone is 2. The number of aliphatic hydroxyl groups is 2. The lowest BCUT2D eigenvalue weighted by Crippen LogP contribution is -2.52. The van der Waals surface area contributed by atoms with Crippen LogP contribution >= 0.6 is 11.6 Å². The molecule has 0 spiro atoms. The molecule has 0 bridgehead atoms. The molecule has 0 radical (unpaired) electrons. The smallest absolute Gasteiger partial charge is 0.323 e. The Labute approximate surface area is 316 Å². The van der Waals surface area contributed by atoms with Crippen LogP contribution in [0.2, 0.25) is 5.02 Å². The van der Waals surface area contributed by atoms with Crippen molar-refractivity contribution in [2.75, 3.05) is 45.7 Å². The molecular formula is C39H48ClN3O9S. The quantitative estimate of drug-likeness (QED) is 0.134. The number of β-amino-alcohol motifs (C(OH)–C–C–N with tert-alkyl or cyclic N) is 1. The van der Waals surface area contributed by atoms with Gasteiger partial charge in [-0.15, -0.1) is 0 Å². The van der Waals surface area contributed by atoms with Crippen LogP contribution in [0.1, 0.15) is 43.4 Å². The van der Waals surface area contributed by atoms with Gasteiger partial charge in [0.05, 0.1) is 22.6 Å². The number of carboxylic acid groups (broad SMARTS) is 1. The number of nitrogens with zero attached hydrogens (tertiary/aromatic N) is 2. The minimum Gasteiger partial charge on any atom is -0.488 e. The Bertz CT molecular complexity index is 1900. The number of ether oxygens (including phenoxy) is 3. The van der Waals surface area contributed by atoms with Gasteiger partial charge in [0, 0.05) is 74.0 Å². The van der Waals surface area contributed by atoms with E-state index in [1.165, 1.54) is 18.5 Å². The standard InChI is InChI=1S/C39H48ClN3O9S/c1-38(2)32(28-9-5-4-6-10-28)11-7-13-39(38,52-16-8-14-43-15-12-30(45)23-43)26-51-36-19-35(29(18-33(36)40)21-42-34(24-44)37(46)47)50-25-27-17-31(22-41-20-27)53(3,48)49/h4-7,9-11,13,17-20,22,30,34,42,44-45H,8,12,14-16,21,23-26H2,1-3H3,(H,46,47)/t30-,34?,39?/m1/s1. The summed E-state index contributed by atoms with van der Waals surface area (Å²) in [6.07, 6.45) is 11.2. The molecule has 2 aromatic carbocycles. The highest BCUT2D eigenvalue weighted by Crippen LogP contribution is 2.49. The summed E-state index contributed by atoms with van der Waals surface area (Å²) in [5.74, 6) is -0.630. The van der Waals surface area contributed by atoms with E-state index in [4.69, 9.17) is 25.8 Å². The second-order valence-corrected chi connectivity index (χ2v) is 16.4. The first-order valence-corrected chi connectivity index (χ1v) is 19.8. The number of aliphatic carboxylic acids is 1. The zero-order valence-corrected chi connectivity index (χ0v) is 31.8. The molecule has 1 aliphatic heterocycles. The summed E-state index contributed by atoms with van der Waals surface area (Å²) >= 11 is 6.82. The lowest BCUT2D eigenvalue weighted by Gasteiger charge is -2.47. The molecule has 2 heterocycles. The average molecular weight is 770 g/mol. The number of hydrogen-bond donors (Lipinski definition) is 4. The van der Waals surface area contributed by atoms with Crippen molar-refractivity contribution in [3.63, 3.8) is 0 Å². The van der Waals surface area contributed by atoms with Crippen LogP contribution in [0.4, 0.5) is 0 Å². The third-order valence-corrected chi connectivity index (χ3v) is 11.2. The molecule has 14 heteroatoms. The fourth-order valence-corrected chi connectivity index (χ4v) is 7.45.